The van der Waals surface area contributed by atoms with Crippen LogP contribution in [0, 0.1) is 29.8 Å². The van der Waals surface area contributed by atoms with Gasteiger partial charge in [-0.25, -0.2) is 13.2 Å². The van der Waals surface area contributed by atoms with Gasteiger partial charge in [0.05, 0.1) is 0 Å². The summed E-state index contributed by atoms with van der Waals surface area (Å²) in [6, 6.07) is 7.62. The molecule has 0 aliphatic heterocycles. The Bertz CT molecular complexity index is 696. The number of hydrogen-bond acceptors (Lipinski definition) is 1. The van der Waals surface area contributed by atoms with Crippen LogP contribution < -0.4 is 5.32 Å². The van der Waals surface area contributed by atoms with Gasteiger partial charge in [0, 0.05) is 16.8 Å². The van der Waals surface area contributed by atoms with Crippen LogP contribution >= 0.6 is 0 Å². The van der Waals surface area contributed by atoms with Gasteiger partial charge in [0.1, 0.15) is 0 Å². The molecule has 0 radical (unpaired) electrons. The maximum absolute atomic E-state index is 13.0. The number of hydrogen-bond donors (Lipinski definition) is 1. The molecule has 2 aromatic rings. The first kappa shape index (κ1) is 13.7. The number of anilines is 1. The molecule has 2 nitrogen and oxygen atoms in total. The van der Waals surface area contributed by atoms with Crippen molar-refractivity contribution in [1.29, 1.82) is 0 Å². The number of rotatable bonds is 2. The Balaban J connectivity index is 2.26. The third-order valence-electron chi connectivity index (χ3n) is 2.53. The molecule has 0 heterocycles. The minimum absolute atomic E-state index is 0.326. The van der Waals surface area contributed by atoms with E-state index in [0.717, 1.165) is 0 Å². The van der Waals surface area contributed by atoms with E-state index >= 15 is 0 Å². The Morgan fingerprint density at radius 3 is 2.35 bits per heavy atom. The summed E-state index contributed by atoms with van der Waals surface area (Å²) in [6.45, 7) is 0. The molecule has 0 fully saturated rings. The Morgan fingerprint density at radius 2 is 1.75 bits per heavy atom. The van der Waals surface area contributed by atoms with E-state index < -0.39 is 23.4 Å². The minimum Gasteiger partial charge on any atom is -0.322 e. The monoisotopic (exact) mass is 275 g/mol. The number of nitrogens with one attached hydrogen (secondary N) is 1. The SMILES string of the molecule is C#Cc1cccc(NC(=O)c2cc(F)c(F)c(F)c2)c1. The lowest BCUT2D eigenvalue weighted by Gasteiger charge is -2.06. The molecule has 0 bridgehead atoms. The molecule has 0 aromatic heterocycles. The van der Waals surface area contributed by atoms with Gasteiger partial charge in [0.25, 0.3) is 5.91 Å². The number of amides is 1. The quantitative estimate of drug-likeness (QED) is 0.661. The standard InChI is InChI=1S/C15H8F3NO/c1-2-9-4-3-5-11(6-9)19-15(20)10-7-12(16)14(18)13(17)8-10/h1,3-8H,(H,19,20). The van der Waals surface area contributed by atoms with Crippen LogP contribution in [0.2, 0.25) is 0 Å². The van der Waals surface area contributed by atoms with E-state index in [9.17, 15) is 18.0 Å². The number of carbonyl (C=O) groups is 1. The van der Waals surface area contributed by atoms with E-state index in [0.29, 0.717) is 23.4 Å². The average Bonchev–Trinajstić information content (AvgIpc) is 2.44. The molecule has 0 unspecified atom stereocenters. The van der Waals surface area contributed by atoms with Crippen LogP contribution in [0.4, 0.5) is 18.9 Å². The lowest BCUT2D eigenvalue weighted by molar-refractivity contribution is 0.102. The Morgan fingerprint density at radius 1 is 1.10 bits per heavy atom. The van der Waals surface area contributed by atoms with Gasteiger partial charge in [-0.3, -0.25) is 4.79 Å². The summed E-state index contributed by atoms with van der Waals surface area (Å²) in [4.78, 5) is 11.8. The molecule has 2 rings (SSSR count). The summed E-state index contributed by atoms with van der Waals surface area (Å²) in [5, 5.41) is 2.42. The highest BCUT2D eigenvalue weighted by molar-refractivity contribution is 6.04. The number of halogens is 3. The van der Waals surface area contributed by atoms with Crippen LogP contribution in [0.25, 0.3) is 0 Å². The Labute approximate surface area is 113 Å². The van der Waals surface area contributed by atoms with Crippen LogP contribution in [-0.2, 0) is 0 Å². The molecule has 100 valence electrons. The van der Waals surface area contributed by atoms with Crippen molar-refractivity contribution in [2.45, 2.75) is 0 Å². The molecule has 1 amide bonds. The smallest absolute Gasteiger partial charge is 0.255 e. The molecular weight excluding hydrogens is 267 g/mol. The molecule has 0 atom stereocenters. The highest BCUT2D eigenvalue weighted by Crippen LogP contribution is 2.16. The normalized spacial score (nSPS) is 9.90. The molecule has 0 aliphatic rings. The number of terminal acetylenes is 1. The lowest BCUT2D eigenvalue weighted by Crippen LogP contribution is -2.13. The van der Waals surface area contributed by atoms with Crippen LogP contribution in [0.15, 0.2) is 36.4 Å². The maximum atomic E-state index is 13.0. The van der Waals surface area contributed by atoms with Crippen molar-refractivity contribution in [2.75, 3.05) is 5.32 Å². The molecule has 0 saturated heterocycles. The van der Waals surface area contributed by atoms with Crippen molar-refractivity contribution in [2.24, 2.45) is 0 Å². The van der Waals surface area contributed by atoms with Gasteiger partial charge in [0.2, 0.25) is 0 Å². The predicted octanol–water partition coefficient (Wildman–Crippen LogP) is 3.34. The lowest BCUT2D eigenvalue weighted by atomic mass is 10.1. The fourth-order valence-corrected chi connectivity index (χ4v) is 1.58. The van der Waals surface area contributed by atoms with Gasteiger partial charge >= 0.3 is 0 Å². The van der Waals surface area contributed by atoms with Gasteiger partial charge in [-0.1, -0.05) is 12.0 Å². The second-order valence-electron chi connectivity index (χ2n) is 3.93. The topological polar surface area (TPSA) is 29.1 Å². The average molecular weight is 275 g/mol. The predicted molar refractivity (Wildman–Crippen MR) is 68.6 cm³/mol. The molecule has 5 heteroatoms. The fourth-order valence-electron chi connectivity index (χ4n) is 1.58. The zero-order valence-corrected chi connectivity index (χ0v) is 10.1. The molecule has 0 spiro atoms. The molecule has 0 aliphatic carbocycles. The van der Waals surface area contributed by atoms with E-state index in [2.05, 4.69) is 11.2 Å². The van der Waals surface area contributed by atoms with Crippen LogP contribution in [0.1, 0.15) is 15.9 Å². The third-order valence-corrected chi connectivity index (χ3v) is 2.53. The molecule has 20 heavy (non-hydrogen) atoms. The fraction of sp³-hybridized carbons (Fsp3) is 0. The summed E-state index contributed by atoms with van der Waals surface area (Å²) in [7, 11) is 0. The second kappa shape index (κ2) is 5.49. The molecule has 1 N–H and O–H groups in total. The highest BCUT2D eigenvalue weighted by atomic mass is 19.2. The molecule has 2 aromatic carbocycles. The van der Waals surface area contributed by atoms with Crippen LogP contribution in [-0.4, -0.2) is 5.91 Å². The summed E-state index contributed by atoms with van der Waals surface area (Å²) in [5.41, 5.74) is 0.586. The van der Waals surface area contributed by atoms with E-state index in [1.54, 1.807) is 18.2 Å². The van der Waals surface area contributed by atoms with Crippen molar-refractivity contribution in [1.82, 2.24) is 0 Å². The highest BCUT2D eigenvalue weighted by Gasteiger charge is 2.15. The Hall–Kier alpha value is -2.74. The van der Waals surface area contributed by atoms with Crippen LogP contribution in [0.3, 0.4) is 0 Å². The summed E-state index contributed by atoms with van der Waals surface area (Å²) in [6.07, 6.45) is 5.21. The van der Waals surface area contributed by atoms with E-state index in [-0.39, 0.29) is 5.56 Å². The third kappa shape index (κ3) is 2.81. The van der Waals surface area contributed by atoms with Crippen molar-refractivity contribution in [3.63, 3.8) is 0 Å². The van der Waals surface area contributed by atoms with Crippen molar-refractivity contribution >= 4 is 11.6 Å². The molecule has 0 saturated carbocycles. The van der Waals surface area contributed by atoms with Crippen LogP contribution in [0.5, 0.6) is 0 Å². The zero-order valence-electron chi connectivity index (χ0n) is 10.1. The van der Waals surface area contributed by atoms with Crippen molar-refractivity contribution in [3.8, 4) is 12.3 Å². The first-order chi connectivity index (χ1) is 9.51. The summed E-state index contributed by atoms with van der Waals surface area (Å²) in [5.74, 6) is -2.84. The number of carbonyl (C=O) groups excluding carboxylic acids is 1. The Kier molecular flexibility index (Phi) is 3.76. The summed E-state index contributed by atoms with van der Waals surface area (Å²) < 4.78 is 38.9. The summed E-state index contributed by atoms with van der Waals surface area (Å²) >= 11 is 0. The minimum atomic E-state index is -1.61. The van der Waals surface area contributed by atoms with Gasteiger partial charge in [-0.2, -0.15) is 0 Å². The van der Waals surface area contributed by atoms with E-state index in [4.69, 9.17) is 6.42 Å². The van der Waals surface area contributed by atoms with Gasteiger partial charge < -0.3 is 5.32 Å². The second-order valence-corrected chi connectivity index (χ2v) is 3.93. The zero-order chi connectivity index (χ0) is 14.7. The molecular formula is C15H8F3NO. The van der Waals surface area contributed by atoms with Gasteiger partial charge in [-0.15, -0.1) is 6.42 Å². The first-order valence-corrected chi connectivity index (χ1v) is 5.54. The number of benzene rings is 2. The van der Waals surface area contributed by atoms with E-state index in [1.807, 2.05) is 0 Å². The maximum Gasteiger partial charge on any atom is 0.255 e. The first-order valence-electron chi connectivity index (χ1n) is 5.54. The van der Waals surface area contributed by atoms with Crippen molar-refractivity contribution < 1.29 is 18.0 Å². The largest absolute Gasteiger partial charge is 0.322 e. The van der Waals surface area contributed by atoms with Gasteiger partial charge in [-0.05, 0) is 30.3 Å². The van der Waals surface area contributed by atoms with Gasteiger partial charge in [0.15, 0.2) is 17.5 Å². The van der Waals surface area contributed by atoms with Crippen molar-refractivity contribution in [3.05, 3.63) is 65.0 Å². The van der Waals surface area contributed by atoms with E-state index in [1.165, 1.54) is 6.07 Å².